The summed E-state index contributed by atoms with van der Waals surface area (Å²) in [6.45, 7) is 1.99. The van der Waals surface area contributed by atoms with Crippen molar-refractivity contribution in [3.63, 3.8) is 0 Å². The average molecular weight is 211 g/mol. The molecule has 0 saturated heterocycles. The molecule has 2 rings (SSSR count). The van der Waals surface area contributed by atoms with Crippen LogP contribution >= 0.6 is 11.6 Å². The van der Waals surface area contributed by atoms with E-state index in [0.717, 1.165) is 16.7 Å². The Morgan fingerprint density at radius 2 is 2.29 bits per heavy atom. The zero-order chi connectivity index (χ0) is 10.1. The van der Waals surface area contributed by atoms with Gasteiger partial charge in [0.05, 0.1) is 11.6 Å². The predicted molar refractivity (Wildman–Crippen MR) is 56.7 cm³/mol. The molecule has 0 saturated carbocycles. The first-order chi connectivity index (χ1) is 6.72. The predicted octanol–water partition coefficient (Wildman–Crippen LogP) is 3.18. The van der Waals surface area contributed by atoms with Gasteiger partial charge in [-0.2, -0.15) is 0 Å². The van der Waals surface area contributed by atoms with Crippen LogP contribution in [-0.2, 0) is 0 Å². The molecule has 1 unspecified atom stereocenters. The van der Waals surface area contributed by atoms with Crippen molar-refractivity contribution in [2.24, 2.45) is 0 Å². The van der Waals surface area contributed by atoms with Crippen molar-refractivity contribution in [3.8, 4) is 0 Å². The molecule has 0 bridgehead atoms. The average Bonchev–Trinajstić information content (AvgIpc) is 2.62. The Morgan fingerprint density at radius 3 is 2.93 bits per heavy atom. The van der Waals surface area contributed by atoms with Crippen LogP contribution in [0.1, 0.15) is 18.6 Å². The minimum Gasteiger partial charge on any atom is -0.461 e. The second kappa shape index (κ2) is 3.64. The molecule has 0 spiro atoms. The quantitative estimate of drug-likeness (QED) is 0.826. The van der Waals surface area contributed by atoms with Gasteiger partial charge in [0.1, 0.15) is 11.3 Å². The number of hydrogen-bond donors (Lipinski definition) is 1. The summed E-state index contributed by atoms with van der Waals surface area (Å²) in [5, 5.41) is 10.6. The number of aliphatic hydroxyl groups excluding tert-OH is 1. The molecule has 74 valence electrons. The van der Waals surface area contributed by atoms with Gasteiger partial charge in [0, 0.05) is 11.3 Å². The number of fused-ring (bicyclic) bond motifs is 1. The number of aliphatic hydroxyl groups is 1. The monoisotopic (exact) mass is 210 g/mol. The normalized spacial score (nSPS) is 13.4. The molecule has 3 heteroatoms. The summed E-state index contributed by atoms with van der Waals surface area (Å²) >= 11 is 6.00. The van der Waals surface area contributed by atoms with Crippen LogP contribution in [0, 0.1) is 0 Å². The highest BCUT2D eigenvalue weighted by molar-refractivity contribution is 6.35. The highest BCUT2D eigenvalue weighted by atomic mass is 35.5. The van der Waals surface area contributed by atoms with Crippen molar-refractivity contribution in [1.29, 1.82) is 0 Å². The van der Waals surface area contributed by atoms with E-state index >= 15 is 0 Å². The Labute approximate surface area is 87.1 Å². The largest absolute Gasteiger partial charge is 0.461 e. The van der Waals surface area contributed by atoms with E-state index in [1.165, 1.54) is 0 Å². The summed E-state index contributed by atoms with van der Waals surface area (Å²) in [6, 6.07) is 7.43. The van der Waals surface area contributed by atoms with Gasteiger partial charge in [0.25, 0.3) is 0 Å². The second-order valence-corrected chi connectivity index (χ2v) is 3.79. The highest BCUT2D eigenvalue weighted by Crippen LogP contribution is 2.29. The van der Waals surface area contributed by atoms with Gasteiger partial charge in [-0.05, 0) is 18.2 Å². The SMILES string of the molecule is CC(CO)c1cc2c(Cl)cccc2o1. The molecule has 1 atom stereocenters. The van der Waals surface area contributed by atoms with Crippen LogP contribution in [0.2, 0.25) is 5.02 Å². The van der Waals surface area contributed by atoms with E-state index in [1.54, 1.807) is 0 Å². The van der Waals surface area contributed by atoms with E-state index in [9.17, 15) is 0 Å². The third kappa shape index (κ3) is 1.51. The first kappa shape index (κ1) is 9.56. The molecule has 2 aromatic rings. The van der Waals surface area contributed by atoms with Gasteiger partial charge in [0.15, 0.2) is 0 Å². The Hall–Kier alpha value is -0.990. The van der Waals surface area contributed by atoms with E-state index in [1.807, 2.05) is 31.2 Å². The Balaban J connectivity index is 2.56. The Bertz CT molecular complexity index is 447. The van der Waals surface area contributed by atoms with E-state index in [2.05, 4.69) is 0 Å². The zero-order valence-corrected chi connectivity index (χ0v) is 8.58. The lowest BCUT2D eigenvalue weighted by Gasteiger charge is -2.00. The van der Waals surface area contributed by atoms with Gasteiger partial charge < -0.3 is 9.52 Å². The summed E-state index contributed by atoms with van der Waals surface area (Å²) in [5.41, 5.74) is 0.771. The molecular weight excluding hydrogens is 200 g/mol. The minimum atomic E-state index is 0.0125. The van der Waals surface area contributed by atoms with Crippen LogP contribution in [0.3, 0.4) is 0 Å². The molecule has 2 nitrogen and oxygen atoms in total. The lowest BCUT2D eigenvalue weighted by molar-refractivity contribution is 0.259. The number of rotatable bonds is 2. The number of hydrogen-bond acceptors (Lipinski definition) is 2. The molecule has 0 fully saturated rings. The standard InChI is InChI=1S/C11H11ClO2/c1-7(6-13)11-5-8-9(12)3-2-4-10(8)14-11/h2-5,7,13H,6H2,1H3. The minimum absolute atomic E-state index is 0.0125. The first-order valence-corrected chi connectivity index (χ1v) is 4.89. The lowest BCUT2D eigenvalue weighted by Crippen LogP contribution is -1.95. The summed E-state index contributed by atoms with van der Waals surface area (Å²) in [4.78, 5) is 0. The summed E-state index contributed by atoms with van der Waals surface area (Å²) in [5.74, 6) is 0.786. The molecule has 1 heterocycles. The van der Waals surface area contributed by atoms with Crippen LogP contribution in [0.4, 0.5) is 0 Å². The topological polar surface area (TPSA) is 33.4 Å². The Morgan fingerprint density at radius 1 is 1.50 bits per heavy atom. The van der Waals surface area contributed by atoms with Crippen molar-refractivity contribution in [2.45, 2.75) is 12.8 Å². The van der Waals surface area contributed by atoms with Crippen LogP contribution in [0.15, 0.2) is 28.7 Å². The van der Waals surface area contributed by atoms with Crippen molar-refractivity contribution in [1.82, 2.24) is 0 Å². The lowest BCUT2D eigenvalue weighted by atomic mass is 10.1. The van der Waals surface area contributed by atoms with Gasteiger partial charge in [-0.3, -0.25) is 0 Å². The summed E-state index contributed by atoms with van der Waals surface area (Å²) in [7, 11) is 0. The third-order valence-electron chi connectivity index (χ3n) is 2.29. The van der Waals surface area contributed by atoms with E-state index in [4.69, 9.17) is 21.1 Å². The van der Waals surface area contributed by atoms with Gasteiger partial charge in [-0.25, -0.2) is 0 Å². The van der Waals surface area contributed by atoms with E-state index < -0.39 is 0 Å². The molecule has 1 aromatic heterocycles. The van der Waals surface area contributed by atoms with Crippen LogP contribution < -0.4 is 0 Å². The molecule has 0 aliphatic rings. The maximum absolute atomic E-state index is 8.99. The molecular formula is C11H11ClO2. The fourth-order valence-electron chi connectivity index (χ4n) is 1.38. The number of halogens is 1. The number of furan rings is 1. The smallest absolute Gasteiger partial charge is 0.135 e. The van der Waals surface area contributed by atoms with Crippen molar-refractivity contribution in [2.75, 3.05) is 6.61 Å². The fraction of sp³-hybridized carbons (Fsp3) is 0.273. The summed E-state index contributed by atoms with van der Waals surface area (Å²) in [6.07, 6.45) is 0. The van der Waals surface area contributed by atoms with Crippen LogP contribution in [-0.4, -0.2) is 11.7 Å². The van der Waals surface area contributed by atoms with Crippen molar-refractivity contribution in [3.05, 3.63) is 35.0 Å². The molecule has 14 heavy (non-hydrogen) atoms. The van der Waals surface area contributed by atoms with Gasteiger partial charge in [0.2, 0.25) is 0 Å². The molecule has 1 aromatic carbocycles. The third-order valence-corrected chi connectivity index (χ3v) is 2.62. The molecule has 0 amide bonds. The Kier molecular flexibility index (Phi) is 2.48. The molecule has 1 N–H and O–H groups in total. The molecule has 0 aliphatic heterocycles. The fourth-order valence-corrected chi connectivity index (χ4v) is 1.60. The summed E-state index contributed by atoms with van der Waals surface area (Å²) < 4.78 is 5.56. The highest BCUT2D eigenvalue weighted by Gasteiger charge is 2.11. The zero-order valence-electron chi connectivity index (χ0n) is 7.83. The molecule has 0 radical (unpaired) electrons. The van der Waals surface area contributed by atoms with E-state index in [-0.39, 0.29) is 12.5 Å². The van der Waals surface area contributed by atoms with Crippen LogP contribution in [0.25, 0.3) is 11.0 Å². The molecule has 0 aliphatic carbocycles. The van der Waals surface area contributed by atoms with Crippen molar-refractivity contribution < 1.29 is 9.52 Å². The number of benzene rings is 1. The van der Waals surface area contributed by atoms with Gasteiger partial charge in [-0.1, -0.05) is 24.6 Å². The van der Waals surface area contributed by atoms with Crippen LogP contribution in [0.5, 0.6) is 0 Å². The van der Waals surface area contributed by atoms with E-state index in [0.29, 0.717) is 5.02 Å². The van der Waals surface area contributed by atoms with Gasteiger partial charge in [-0.15, -0.1) is 0 Å². The second-order valence-electron chi connectivity index (χ2n) is 3.38. The van der Waals surface area contributed by atoms with Crippen molar-refractivity contribution >= 4 is 22.6 Å². The maximum atomic E-state index is 8.99. The first-order valence-electron chi connectivity index (χ1n) is 4.51. The maximum Gasteiger partial charge on any atom is 0.135 e. The van der Waals surface area contributed by atoms with Gasteiger partial charge >= 0.3 is 0 Å².